The number of ether oxygens (including phenoxy) is 2. The van der Waals surface area contributed by atoms with Crippen molar-refractivity contribution in [3.8, 4) is 0 Å². The zero-order valence-corrected chi connectivity index (χ0v) is 20.9. The Morgan fingerprint density at radius 2 is 1.09 bits per heavy atom. The second-order valence-electron chi connectivity index (χ2n) is 9.45. The summed E-state index contributed by atoms with van der Waals surface area (Å²) in [6.07, 6.45) is 1.84. The molecule has 3 N–H and O–H groups in total. The van der Waals surface area contributed by atoms with Crippen LogP contribution in [0.1, 0.15) is 72.6 Å². The van der Waals surface area contributed by atoms with Crippen LogP contribution in [0.5, 0.6) is 0 Å². The van der Waals surface area contributed by atoms with E-state index in [-0.39, 0.29) is 6.10 Å². The minimum atomic E-state index is -0.859. The highest BCUT2D eigenvalue weighted by Gasteiger charge is 2.37. The van der Waals surface area contributed by atoms with E-state index in [0.29, 0.717) is 45.4 Å². The van der Waals surface area contributed by atoms with Gasteiger partial charge in [-0.3, -0.25) is 4.90 Å². The van der Waals surface area contributed by atoms with E-state index in [1.165, 1.54) is 0 Å². The Morgan fingerprint density at radius 1 is 0.697 bits per heavy atom. The smallest absolute Gasteiger partial charge is 0.348 e. The van der Waals surface area contributed by atoms with Gasteiger partial charge in [-0.25, -0.2) is 9.59 Å². The average molecular weight is 475 g/mol. The number of esters is 2. The van der Waals surface area contributed by atoms with Gasteiger partial charge in [0.05, 0.1) is 18.3 Å². The van der Waals surface area contributed by atoms with Crippen LogP contribution < -0.4 is 0 Å². The van der Waals surface area contributed by atoms with Gasteiger partial charge in [-0.1, -0.05) is 6.92 Å². The van der Waals surface area contributed by atoms with Crippen molar-refractivity contribution < 1.29 is 34.4 Å². The highest BCUT2D eigenvalue weighted by molar-refractivity contribution is 5.87. The number of carbonyl (C=O) groups excluding carboxylic acids is 2. The van der Waals surface area contributed by atoms with E-state index in [1.807, 2.05) is 4.90 Å². The molecule has 1 saturated heterocycles. The summed E-state index contributed by atoms with van der Waals surface area (Å²) in [5, 5.41) is 28.8. The lowest BCUT2D eigenvalue weighted by atomic mass is 10.1. The Bertz CT molecular complexity index is 547. The van der Waals surface area contributed by atoms with Crippen molar-refractivity contribution in [1.29, 1.82) is 0 Å². The lowest BCUT2D eigenvalue weighted by molar-refractivity contribution is -0.196. The van der Waals surface area contributed by atoms with Crippen LogP contribution in [-0.4, -0.2) is 107 Å². The van der Waals surface area contributed by atoms with Crippen molar-refractivity contribution in [2.24, 2.45) is 0 Å². The first-order valence-corrected chi connectivity index (χ1v) is 12.5. The molecule has 1 fully saturated rings. The molecule has 9 nitrogen and oxygen atoms in total. The molecule has 33 heavy (non-hydrogen) atoms. The summed E-state index contributed by atoms with van der Waals surface area (Å²) in [5.74, 6) is -0.954. The van der Waals surface area contributed by atoms with E-state index in [4.69, 9.17) is 9.47 Å². The molecule has 0 saturated carbocycles. The van der Waals surface area contributed by atoms with Gasteiger partial charge in [0.25, 0.3) is 0 Å². The van der Waals surface area contributed by atoms with Gasteiger partial charge in [-0.2, -0.15) is 0 Å². The van der Waals surface area contributed by atoms with E-state index in [9.17, 15) is 24.9 Å². The van der Waals surface area contributed by atoms with Crippen molar-refractivity contribution in [2.75, 3.05) is 39.3 Å². The Kier molecular flexibility index (Phi) is 14.8. The largest absolute Gasteiger partial charge is 0.448 e. The molecule has 4 unspecified atom stereocenters. The standard InChI is InChI=1S/C24H46N2O7/c1-5-12-25(15-18(2)27)13-8-6-10-21-23(30)33-22(24(31)32-21)11-7-9-14-26(16-19(3)28)17-20(4)29/h18-22,27-29H,5-17H2,1-4H3/t18?,19-,20?,21?,22?/m1/s1. The van der Waals surface area contributed by atoms with Gasteiger partial charge < -0.3 is 29.7 Å². The van der Waals surface area contributed by atoms with Gasteiger partial charge in [0.15, 0.2) is 12.2 Å². The zero-order valence-electron chi connectivity index (χ0n) is 20.9. The number of aliphatic hydroxyl groups is 3. The average Bonchev–Trinajstić information content (AvgIpc) is 2.70. The maximum absolute atomic E-state index is 12.3. The molecular weight excluding hydrogens is 428 g/mol. The van der Waals surface area contributed by atoms with E-state index < -0.39 is 36.4 Å². The molecule has 0 aromatic carbocycles. The maximum Gasteiger partial charge on any atom is 0.348 e. The van der Waals surface area contributed by atoms with Crippen molar-refractivity contribution in [1.82, 2.24) is 9.80 Å². The number of carbonyl (C=O) groups is 2. The quantitative estimate of drug-likeness (QED) is 0.200. The Hall–Kier alpha value is -1.26. The SMILES string of the molecule is CCCN(CCCCC1OC(=O)C(CCCCN(CC(C)O)C[C@@H](C)O)OC1=O)CC(C)O. The van der Waals surface area contributed by atoms with Crippen LogP contribution in [0.25, 0.3) is 0 Å². The predicted molar refractivity (Wildman–Crippen MR) is 126 cm³/mol. The van der Waals surface area contributed by atoms with Gasteiger partial charge in [-0.05, 0) is 85.4 Å². The van der Waals surface area contributed by atoms with Crippen LogP contribution in [0.4, 0.5) is 0 Å². The van der Waals surface area contributed by atoms with Crippen LogP contribution in [0.2, 0.25) is 0 Å². The van der Waals surface area contributed by atoms with E-state index in [2.05, 4.69) is 11.8 Å². The summed E-state index contributed by atoms with van der Waals surface area (Å²) in [7, 11) is 0. The van der Waals surface area contributed by atoms with Gasteiger partial charge in [0.2, 0.25) is 0 Å². The summed E-state index contributed by atoms with van der Waals surface area (Å²) >= 11 is 0. The summed E-state index contributed by atoms with van der Waals surface area (Å²) < 4.78 is 10.7. The molecular formula is C24H46N2O7. The van der Waals surface area contributed by atoms with Crippen LogP contribution in [0.15, 0.2) is 0 Å². The number of aliphatic hydroxyl groups excluding tert-OH is 3. The minimum Gasteiger partial charge on any atom is -0.448 e. The van der Waals surface area contributed by atoms with Crippen molar-refractivity contribution >= 4 is 11.9 Å². The second-order valence-corrected chi connectivity index (χ2v) is 9.45. The summed E-state index contributed by atoms with van der Waals surface area (Å²) in [6.45, 7) is 11.3. The van der Waals surface area contributed by atoms with Crippen LogP contribution in [-0.2, 0) is 19.1 Å². The summed E-state index contributed by atoms with van der Waals surface area (Å²) in [4.78, 5) is 28.8. The topological polar surface area (TPSA) is 120 Å². The van der Waals surface area contributed by atoms with Gasteiger partial charge in [-0.15, -0.1) is 0 Å². The first-order valence-electron chi connectivity index (χ1n) is 12.5. The molecule has 1 heterocycles. The molecule has 1 aliphatic rings. The Labute approximate surface area is 199 Å². The Morgan fingerprint density at radius 3 is 1.48 bits per heavy atom. The summed E-state index contributed by atoms with van der Waals surface area (Å²) in [5.41, 5.74) is 0. The fraction of sp³-hybridized carbons (Fsp3) is 0.917. The van der Waals surface area contributed by atoms with E-state index in [0.717, 1.165) is 38.8 Å². The summed E-state index contributed by atoms with van der Waals surface area (Å²) in [6, 6.07) is 0. The molecule has 0 amide bonds. The Balaban J connectivity index is 2.32. The van der Waals surface area contributed by atoms with Gasteiger partial charge >= 0.3 is 11.9 Å². The molecule has 1 rings (SSSR count). The van der Waals surface area contributed by atoms with Crippen molar-refractivity contribution in [2.45, 2.75) is 103 Å². The minimum absolute atomic E-state index is 0.373. The number of rotatable bonds is 18. The van der Waals surface area contributed by atoms with Gasteiger partial charge in [0.1, 0.15) is 0 Å². The lowest BCUT2D eigenvalue weighted by Gasteiger charge is -2.28. The number of unbranched alkanes of at least 4 members (excludes halogenated alkanes) is 2. The zero-order chi connectivity index (χ0) is 24.8. The lowest BCUT2D eigenvalue weighted by Crippen LogP contribution is -2.44. The fourth-order valence-electron chi connectivity index (χ4n) is 4.20. The predicted octanol–water partition coefficient (Wildman–Crippen LogP) is 1.32. The van der Waals surface area contributed by atoms with Crippen molar-refractivity contribution in [3.05, 3.63) is 0 Å². The molecule has 0 aromatic heterocycles. The molecule has 0 radical (unpaired) electrons. The van der Waals surface area contributed by atoms with Crippen LogP contribution in [0, 0.1) is 0 Å². The third kappa shape index (κ3) is 13.3. The number of nitrogens with zero attached hydrogens (tertiary/aromatic N) is 2. The van der Waals surface area contributed by atoms with Crippen LogP contribution >= 0.6 is 0 Å². The van der Waals surface area contributed by atoms with Crippen LogP contribution in [0.3, 0.4) is 0 Å². The fourth-order valence-corrected chi connectivity index (χ4v) is 4.20. The highest BCUT2D eigenvalue weighted by atomic mass is 16.6. The molecule has 0 spiro atoms. The molecule has 5 atom stereocenters. The van der Waals surface area contributed by atoms with Crippen molar-refractivity contribution in [3.63, 3.8) is 0 Å². The molecule has 0 aromatic rings. The number of hydrogen-bond acceptors (Lipinski definition) is 9. The second kappa shape index (κ2) is 16.4. The maximum atomic E-state index is 12.3. The normalized spacial score (nSPS) is 21.7. The molecule has 0 aliphatic carbocycles. The molecule has 9 heteroatoms. The van der Waals surface area contributed by atoms with E-state index >= 15 is 0 Å². The van der Waals surface area contributed by atoms with Gasteiger partial charge in [0, 0.05) is 19.6 Å². The first-order chi connectivity index (χ1) is 15.6. The monoisotopic (exact) mass is 474 g/mol. The third-order valence-electron chi connectivity index (χ3n) is 5.53. The molecule has 194 valence electrons. The number of hydrogen-bond donors (Lipinski definition) is 3. The number of cyclic esters (lactones) is 2. The van der Waals surface area contributed by atoms with E-state index in [1.54, 1.807) is 20.8 Å². The third-order valence-corrected chi connectivity index (χ3v) is 5.53. The highest BCUT2D eigenvalue weighted by Crippen LogP contribution is 2.19. The molecule has 1 aliphatic heterocycles. The molecule has 0 bridgehead atoms. The first kappa shape index (κ1) is 29.8.